The number of nitro benzene ring substituents is 1. The number of benzene rings is 2. The van der Waals surface area contributed by atoms with Crippen LogP contribution in [0.1, 0.15) is 32.0 Å². The van der Waals surface area contributed by atoms with E-state index in [4.69, 9.17) is 0 Å². The van der Waals surface area contributed by atoms with Crippen LogP contribution in [0.4, 0.5) is 5.69 Å². The predicted molar refractivity (Wildman–Crippen MR) is 114 cm³/mol. The molecular formula is C21H21N7O3. The van der Waals surface area contributed by atoms with Gasteiger partial charge in [0.15, 0.2) is 0 Å². The maximum atomic E-state index is 12.6. The van der Waals surface area contributed by atoms with Crippen molar-refractivity contribution in [3.05, 3.63) is 80.4 Å². The van der Waals surface area contributed by atoms with Crippen molar-refractivity contribution >= 4 is 16.6 Å². The fourth-order valence-corrected chi connectivity index (χ4v) is 3.20. The molecule has 0 spiro atoms. The van der Waals surface area contributed by atoms with Crippen molar-refractivity contribution in [1.82, 2.24) is 30.0 Å². The molecule has 4 aromatic rings. The summed E-state index contributed by atoms with van der Waals surface area (Å²) in [6, 6.07) is 12.1. The first-order valence-electron chi connectivity index (χ1n) is 9.76. The van der Waals surface area contributed by atoms with Gasteiger partial charge in [-0.15, -0.1) is 10.2 Å². The number of nitrogens with zero attached hydrogens (tertiary/aromatic N) is 7. The lowest BCUT2D eigenvalue weighted by Gasteiger charge is -2.19. The van der Waals surface area contributed by atoms with Crippen molar-refractivity contribution < 1.29 is 4.92 Å². The summed E-state index contributed by atoms with van der Waals surface area (Å²) in [5.41, 5.74) is 2.62. The molecule has 0 aliphatic heterocycles. The molecule has 0 N–H and O–H groups in total. The molecule has 2 aromatic carbocycles. The highest BCUT2D eigenvalue weighted by molar-refractivity contribution is 5.79. The second-order valence-electron chi connectivity index (χ2n) is 8.28. The molecule has 10 heteroatoms. The van der Waals surface area contributed by atoms with Crippen molar-refractivity contribution in [2.45, 2.75) is 39.2 Å². The van der Waals surface area contributed by atoms with Crippen LogP contribution >= 0.6 is 0 Å². The van der Waals surface area contributed by atoms with E-state index in [0.29, 0.717) is 12.1 Å². The number of nitro groups is 1. The molecule has 0 atom stereocenters. The van der Waals surface area contributed by atoms with E-state index < -0.39 is 4.92 Å². The second-order valence-corrected chi connectivity index (χ2v) is 8.28. The monoisotopic (exact) mass is 419 g/mol. The van der Waals surface area contributed by atoms with Crippen LogP contribution in [-0.4, -0.2) is 34.9 Å². The number of rotatable bonds is 5. The molecule has 0 bridgehead atoms. The smallest absolute Gasteiger partial charge is 0.267 e. The lowest BCUT2D eigenvalue weighted by Crippen LogP contribution is -2.25. The topological polar surface area (TPSA) is 122 Å². The lowest BCUT2D eigenvalue weighted by atomic mass is 9.87. The Hall–Kier alpha value is -3.95. The van der Waals surface area contributed by atoms with E-state index in [1.165, 1.54) is 28.4 Å². The first-order chi connectivity index (χ1) is 14.7. The van der Waals surface area contributed by atoms with Gasteiger partial charge in [-0.1, -0.05) is 43.3 Å². The fourth-order valence-electron chi connectivity index (χ4n) is 3.20. The van der Waals surface area contributed by atoms with E-state index in [1.54, 1.807) is 4.68 Å². The number of hydrogen-bond donors (Lipinski definition) is 0. The molecular weight excluding hydrogens is 398 g/mol. The summed E-state index contributed by atoms with van der Waals surface area (Å²) in [6.07, 6.45) is 2.25. The summed E-state index contributed by atoms with van der Waals surface area (Å²) >= 11 is 0. The van der Waals surface area contributed by atoms with Crippen LogP contribution in [0.25, 0.3) is 16.6 Å². The summed E-state index contributed by atoms with van der Waals surface area (Å²) in [6.45, 7) is 6.75. The van der Waals surface area contributed by atoms with Crippen molar-refractivity contribution in [2.75, 3.05) is 0 Å². The van der Waals surface area contributed by atoms with Gasteiger partial charge in [-0.3, -0.25) is 14.9 Å². The minimum Gasteiger partial charge on any atom is -0.267 e. The summed E-state index contributed by atoms with van der Waals surface area (Å²) < 4.78 is 2.92. The Balaban J connectivity index is 1.50. The predicted octanol–water partition coefficient (Wildman–Crippen LogP) is 2.82. The Morgan fingerprint density at radius 2 is 1.77 bits per heavy atom. The maximum Gasteiger partial charge on any atom is 0.277 e. The zero-order valence-electron chi connectivity index (χ0n) is 17.4. The molecule has 0 aliphatic carbocycles. The number of hydrogen-bond acceptors (Lipinski definition) is 7. The van der Waals surface area contributed by atoms with Gasteiger partial charge in [-0.25, -0.2) is 9.36 Å². The lowest BCUT2D eigenvalue weighted by molar-refractivity contribution is -0.384. The molecule has 31 heavy (non-hydrogen) atoms. The Morgan fingerprint density at radius 3 is 2.45 bits per heavy atom. The van der Waals surface area contributed by atoms with Gasteiger partial charge in [0.05, 0.1) is 34.4 Å². The van der Waals surface area contributed by atoms with Crippen molar-refractivity contribution in [3.8, 4) is 5.69 Å². The van der Waals surface area contributed by atoms with E-state index in [2.05, 4.69) is 53.5 Å². The number of aromatic nitrogens is 6. The number of aryl methyl sites for hydroxylation is 2. The van der Waals surface area contributed by atoms with Crippen LogP contribution in [0, 0.1) is 10.1 Å². The molecule has 2 heterocycles. The molecule has 158 valence electrons. The Morgan fingerprint density at radius 1 is 1.03 bits per heavy atom. The first-order valence-corrected chi connectivity index (χ1v) is 9.76. The third-order valence-electron chi connectivity index (χ3n) is 5.04. The number of non-ortho nitro benzene ring substituents is 1. The normalized spacial score (nSPS) is 11.7. The van der Waals surface area contributed by atoms with Gasteiger partial charge in [-0.05, 0) is 29.2 Å². The average molecular weight is 419 g/mol. The van der Waals surface area contributed by atoms with Crippen LogP contribution in [0.5, 0.6) is 0 Å². The van der Waals surface area contributed by atoms with Crippen molar-refractivity contribution in [2.24, 2.45) is 0 Å². The molecule has 10 nitrogen and oxygen atoms in total. The summed E-state index contributed by atoms with van der Waals surface area (Å²) in [7, 11) is 0. The van der Waals surface area contributed by atoms with Gasteiger partial charge in [0.1, 0.15) is 5.52 Å². The zero-order valence-corrected chi connectivity index (χ0v) is 17.4. The quantitative estimate of drug-likeness (QED) is 0.360. The van der Waals surface area contributed by atoms with Gasteiger partial charge in [0.2, 0.25) is 0 Å². The summed E-state index contributed by atoms with van der Waals surface area (Å²) in [5, 5.41) is 27.3. The first kappa shape index (κ1) is 20.3. The molecule has 4 rings (SSSR count). The third kappa shape index (κ3) is 4.18. The molecule has 0 radical (unpaired) electrons. The highest BCUT2D eigenvalue weighted by Crippen LogP contribution is 2.23. The molecule has 0 saturated carbocycles. The second kappa shape index (κ2) is 7.71. The molecule has 0 fully saturated rings. The van der Waals surface area contributed by atoms with Crippen LogP contribution in [0.3, 0.4) is 0 Å². The Bertz CT molecular complexity index is 1320. The molecule has 0 unspecified atom stereocenters. The van der Waals surface area contributed by atoms with Crippen molar-refractivity contribution in [3.63, 3.8) is 0 Å². The van der Waals surface area contributed by atoms with Gasteiger partial charge >= 0.3 is 0 Å². The third-order valence-corrected chi connectivity index (χ3v) is 5.04. The minimum absolute atomic E-state index is 0.0745. The van der Waals surface area contributed by atoms with Crippen LogP contribution in [0.15, 0.2) is 53.5 Å². The maximum absolute atomic E-state index is 12.6. The molecule has 2 aromatic heterocycles. The van der Waals surface area contributed by atoms with Crippen LogP contribution in [0.2, 0.25) is 0 Å². The summed E-state index contributed by atoms with van der Waals surface area (Å²) in [4.78, 5) is 23.0. The highest BCUT2D eigenvalue weighted by atomic mass is 16.6. The number of fused-ring (bicyclic) bond motifs is 1. The molecule has 0 saturated heterocycles. The molecule has 0 aliphatic rings. The zero-order chi connectivity index (χ0) is 22.2. The Kier molecular flexibility index (Phi) is 5.05. The molecule has 0 amide bonds. The van der Waals surface area contributed by atoms with Crippen LogP contribution < -0.4 is 5.56 Å². The minimum atomic E-state index is -0.535. The van der Waals surface area contributed by atoms with Gasteiger partial charge in [-0.2, -0.15) is 0 Å². The van der Waals surface area contributed by atoms with Crippen LogP contribution in [-0.2, 0) is 18.4 Å². The van der Waals surface area contributed by atoms with Crippen molar-refractivity contribution in [1.29, 1.82) is 0 Å². The van der Waals surface area contributed by atoms with Gasteiger partial charge in [0.25, 0.3) is 11.2 Å². The van der Waals surface area contributed by atoms with E-state index >= 15 is 0 Å². The average Bonchev–Trinajstić information content (AvgIpc) is 3.21. The van der Waals surface area contributed by atoms with E-state index in [0.717, 1.165) is 5.69 Å². The highest BCUT2D eigenvalue weighted by Gasteiger charge is 2.14. The van der Waals surface area contributed by atoms with Gasteiger partial charge in [0, 0.05) is 18.6 Å². The van der Waals surface area contributed by atoms with Gasteiger partial charge < -0.3 is 0 Å². The summed E-state index contributed by atoms with van der Waals surface area (Å²) in [5.74, 6) is 0. The van der Waals surface area contributed by atoms with E-state index in [1.807, 2.05) is 18.3 Å². The standard InChI is InChI=1S/C21H21N7O3/c1-21(2,3)14-4-6-16(7-5-14)27-13-15(22-24-27)10-11-26-20(29)18-9-8-17(28(30)31)12-19(18)23-25-26/h4-9,12-13H,10-11H2,1-3H3. The van der Waals surface area contributed by atoms with E-state index in [9.17, 15) is 14.9 Å². The largest absolute Gasteiger partial charge is 0.277 e. The van der Waals surface area contributed by atoms with E-state index in [-0.39, 0.29) is 34.1 Å². The Labute approximate surface area is 177 Å². The SMILES string of the molecule is CC(C)(C)c1ccc(-n2cc(CCn3nnc4cc([N+](=O)[O-])ccc4c3=O)nn2)cc1. The fraction of sp³-hybridized carbons (Fsp3) is 0.286.